The minimum absolute atomic E-state index is 0. The molecule has 0 aliphatic carbocycles. The van der Waals surface area contributed by atoms with Gasteiger partial charge in [0.15, 0.2) is 0 Å². The Balaban J connectivity index is 0.00000169. The van der Waals surface area contributed by atoms with Crippen LogP contribution in [0.1, 0.15) is 25.3 Å². The topological polar surface area (TPSA) is 35.2 Å². The molecule has 0 aromatic heterocycles. The highest BCUT2D eigenvalue weighted by Crippen LogP contribution is 2.13. The van der Waals surface area contributed by atoms with E-state index < -0.39 is 0 Å². The van der Waals surface area contributed by atoms with E-state index in [4.69, 9.17) is 10.5 Å². The molecule has 0 fully saturated rings. The third-order valence-electron chi connectivity index (χ3n) is 1.90. The Morgan fingerprint density at radius 2 is 2.14 bits per heavy atom. The fraction of sp³-hybridized carbons (Fsp3) is 0.455. The lowest BCUT2D eigenvalue weighted by Gasteiger charge is -2.05. The van der Waals surface area contributed by atoms with Crippen molar-refractivity contribution in [3.8, 4) is 5.75 Å². The Labute approximate surface area is 91.9 Å². The largest absolute Gasteiger partial charge is 0.494 e. The number of halogens is 1. The third-order valence-corrected chi connectivity index (χ3v) is 1.90. The first kappa shape index (κ1) is 13.3. The van der Waals surface area contributed by atoms with E-state index in [-0.39, 0.29) is 12.4 Å². The predicted molar refractivity (Wildman–Crippen MR) is 62.0 cm³/mol. The van der Waals surface area contributed by atoms with Gasteiger partial charge in [-0.05, 0) is 24.1 Å². The predicted octanol–water partition coefficient (Wildman–Crippen LogP) is 2.75. The van der Waals surface area contributed by atoms with E-state index in [2.05, 4.69) is 6.92 Å². The van der Waals surface area contributed by atoms with Crippen LogP contribution in [0.15, 0.2) is 24.3 Å². The lowest BCUT2D eigenvalue weighted by atomic mass is 10.2. The van der Waals surface area contributed by atoms with Crippen molar-refractivity contribution in [2.75, 3.05) is 6.61 Å². The molecule has 2 nitrogen and oxygen atoms in total. The molecule has 0 unspecified atom stereocenters. The summed E-state index contributed by atoms with van der Waals surface area (Å²) in [4.78, 5) is 0. The van der Waals surface area contributed by atoms with Crippen LogP contribution in [0.4, 0.5) is 0 Å². The molecule has 2 N–H and O–H groups in total. The van der Waals surface area contributed by atoms with Crippen LogP contribution in [-0.4, -0.2) is 6.61 Å². The van der Waals surface area contributed by atoms with E-state index in [1.165, 1.54) is 0 Å². The first-order valence-corrected chi connectivity index (χ1v) is 4.78. The van der Waals surface area contributed by atoms with Crippen molar-refractivity contribution in [3.05, 3.63) is 29.8 Å². The summed E-state index contributed by atoms with van der Waals surface area (Å²) in [5.41, 5.74) is 6.64. The molecule has 1 aromatic rings. The number of hydrogen-bond acceptors (Lipinski definition) is 2. The van der Waals surface area contributed by atoms with E-state index in [9.17, 15) is 0 Å². The second kappa shape index (κ2) is 7.65. The lowest BCUT2D eigenvalue weighted by Crippen LogP contribution is -1.99. The van der Waals surface area contributed by atoms with Gasteiger partial charge in [-0.3, -0.25) is 0 Å². The minimum atomic E-state index is 0. The second-order valence-electron chi connectivity index (χ2n) is 3.05. The van der Waals surface area contributed by atoms with E-state index >= 15 is 0 Å². The van der Waals surface area contributed by atoms with Crippen LogP contribution in [0.25, 0.3) is 0 Å². The summed E-state index contributed by atoms with van der Waals surface area (Å²) >= 11 is 0. The zero-order valence-corrected chi connectivity index (χ0v) is 9.35. The summed E-state index contributed by atoms with van der Waals surface area (Å²) in [7, 11) is 0. The van der Waals surface area contributed by atoms with Gasteiger partial charge in [-0.2, -0.15) is 0 Å². The second-order valence-corrected chi connectivity index (χ2v) is 3.05. The standard InChI is InChI=1S/C11H17NO.ClH/c1-2-3-7-13-11-6-4-5-10(8-11)9-12;/h4-6,8H,2-3,7,9,12H2,1H3;1H. The molecule has 0 saturated heterocycles. The zero-order valence-electron chi connectivity index (χ0n) is 8.53. The highest BCUT2D eigenvalue weighted by atomic mass is 35.5. The van der Waals surface area contributed by atoms with Gasteiger partial charge in [-0.25, -0.2) is 0 Å². The molecule has 0 bridgehead atoms. The molecule has 0 heterocycles. The summed E-state index contributed by atoms with van der Waals surface area (Å²) < 4.78 is 5.53. The molecule has 1 aromatic carbocycles. The smallest absolute Gasteiger partial charge is 0.119 e. The Kier molecular flexibility index (Phi) is 7.25. The molecular formula is C11H18ClNO. The maximum Gasteiger partial charge on any atom is 0.119 e. The molecule has 0 radical (unpaired) electrons. The fourth-order valence-corrected chi connectivity index (χ4v) is 1.10. The maximum atomic E-state index is 5.53. The quantitative estimate of drug-likeness (QED) is 0.767. The third kappa shape index (κ3) is 4.49. The average molecular weight is 216 g/mol. The SMILES string of the molecule is CCCCOc1cccc(CN)c1.Cl. The van der Waals surface area contributed by atoms with Crippen LogP contribution in [0.2, 0.25) is 0 Å². The molecule has 80 valence electrons. The van der Waals surface area contributed by atoms with Gasteiger partial charge < -0.3 is 10.5 Å². The Morgan fingerprint density at radius 3 is 2.79 bits per heavy atom. The van der Waals surface area contributed by atoms with Crippen LogP contribution in [0.5, 0.6) is 5.75 Å². The number of benzene rings is 1. The van der Waals surface area contributed by atoms with Crippen LogP contribution in [0.3, 0.4) is 0 Å². The lowest BCUT2D eigenvalue weighted by molar-refractivity contribution is 0.309. The van der Waals surface area contributed by atoms with E-state index in [0.29, 0.717) is 6.54 Å². The molecule has 0 amide bonds. The molecule has 0 spiro atoms. The molecule has 0 atom stereocenters. The number of nitrogens with two attached hydrogens (primary N) is 1. The van der Waals surface area contributed by atoms with Crippen LogP contribution in [-0.2, 0) is 6.54 Å². The van der Waals surface area contributed by atoms with Gasteiger partial charge in [-0.15, -0.1) is 12.4 Å². The summed E-state index contributed by atoms with van der Waals surface area (Å²) in [6, 6.07) is 7.95. The van der Waals surface area contributed by atoms with Gasteiger partial charge in [0.2, 0.25) is 0 Å². The van der Waals surface area contributed by atoms with Crippen molar-refractivity contribution in [2.24, 2.45) is 5.73 Å². The number of hydrogen-bond donors (Lipinski definition) is 1. The zero-order chi connectivity index (χ0) is 9.52. The molecule has 1 rings (SSSR count). The van der Waals surface area contributed by atoms with Crippen LogP contribution in [0, 0.1) is 0 Å². The van der Waals surface area contributed by atoms with Crippen LogP contribution >= 0.6 is 12.4 Å². The molecular weight excluding hydrogens is 198 g/mol. The van der Waals surface area contributed by atoms with Gasteiger partial charge in [0.05, 0.1) is 6.61 Å². The van der Waals surface area contributed by atoms with Crippen molar-refractivity contribution >= 4 is 12.4 Å². The number of rotatable bonds is 5. The maximum absolute atomic E-state index is 5.53. The molecule has 0 aliphatic heterocycles. The monoisotopic (exact) mass is 215 g/mol. The van der Waals surface area contributed by atoms with Crippen molar-refractivity contribution in [2.45, 2.75) is 26.3 Å². The Hall–Kier alpha value is -0.730. The number of ether oxygens (including phenoxy) is 1. The Morgan fingerprint density at radius 1 is 1.36 bits per heavy atom. The van der Waals surface area contributed by atoms with Gasteiger partial charge in [0.25, 0.3) is 0 Å². The molecule has 0 aliphatic rings. The highest BCUT2D eigenvalue weighted by molar-refractivity contribution is 5.85. The van der Waals surface area contributed by atoms with Gasteiger partial charge in [-0.1, -0.05) is 25.5 Å². The molecule has 14 heavy (non-hydrogen) atoms. The average Bonchev–Trinajstić information content (AvgIpc) is 2.19. The first-order chi connectivity index (χ1) is 6.36. The molecule has 3 heteroatoms. The van der Waals surface area contributed by atoms with Gasteiger partial charge >= 0.3 is 0 Å². The van der Waals surface area contributed by atoms with Crippen LogP contribution < -0.4 is 10.5 Å². The number of unbranched alkanes of at least 4 members (excludes halogenated alkanes) is 1. The summed E-state index contributed by atoms with van der Waals surface area (Å²) in [5.74, 6) is 0.927. The van der Waals surface area contributed by atoms with Gasteiger partial charge in [0.1, 0.15) is 5.75 Å². The van der Waals surface area contributed by atoms with E-state index in [0.717, 1.165) is 30.8 Å². The van der Waals surface area contributed by atoms with Crippen molar-refractivity contribution < 1.29 is 4.74 Å². The fourth-order valence-electron chi connectivity index (χ4n) is 1.10. The van der Waals surface area contributed by atoms with E-state index in [1.54, 1.807) is 0 Å². The molecule has 0 saturated carbocycles. The summed E-state index contributed by atoms with van der Waals surface area (Å²) in [6.45, 7) is 3.52. The first-order valence-electron chi connectivity index (χ1n) is 4.78. The van der Waals surface area contributed by atoms with Crippen molar-refractivity contribution in [3.63, 3.8) is 0 Å². The van der Waals surface area contributed by atoms with Crippen molar-refractivity contribution in [1.29, 1.82) is 0 Å². The normalized spacial score (nSPS) is 9.29. The summed E-state index contributed by atoms with van der Waals surface area (Å²) in [5, 5.41) is 0. The Bertz CT molecular complexity index is 253. The van der Waals surface area contributed by atoms with E-state index in [1.807, 2.05) is 24.3 Å². The van der Waals surface area contributed by atoms with Crippen molar-refractivity contribution in [1.82, 2.24) is 0 Å². The van der Waals surface area contributed by atoms with Gasteiger partial charge in [0, 0.05) is 6.54 Å². The minimum Gasteiger partial charge on any atom is -0.494 e. The summed E-state index contributed by atoms with van der Waals surface area (Å²) in [6.07, 6.45) is 2.27. The highest BCUT2D eigenvalue weighted by Gasteiger charge is 1.94.